The third-order valence-electron chi connectivity index (χ3n) is 4.02. The molecule has 2 aromatic carbocycles. The van der Waals surface area contributed by atoms with E-state index < -0.39 is 6.10 Å². The molecule has 1 N–H and O–H groups in total. The van der Waals surface area contributed by atoms with Gasteiger partial charge in [-0.1, -0.05) is 48.5 Å². The molecular formula is C20H18N4OS. The molecule has 2 aromatic heterocycles. The Balaban J connectivity index is 1.53. The lowest BCUT2D eigenvalue weighted by molar-refractivity contribution is 0.194. The quantitative estimate of drug-likeness (QED) is 0.530. The van der Waals surface area contributed by atoms with E-state index in [2.05, 4.69) is 27.1 Å². The van der Waals surface area contributed by atoms with Gasteiger partial charge >= 0.3 is 0 Å². The van der Waals surface area contributed by atoms with E-state index in [0.29, 0.717) is 18.1 Å². The summed E-state index contributed by atoms with van der Waals surface area (Å²) in [4.78, 5) is 14.3. The van der Waals surface area contributed by atoms with Crippen molar-refractivity contribution in [2.24, 2.45) is 0 Å². The summed E-state index contributed by atoms with van der Waals surface area (Å²) in [6.07, 6.45) is 2.71. The van der Waals surface area contributed by atoms with E-state index in [1.807, 2.05) is 53.1 Å². The summed E-state index contributed by atoms with van der Waals surface area (Å²) < 4.78 is 1.98. The monoisotopic (exact) mass is 362 g/mol. The molecule has 2 heterocycles. The summed E-state index contributed by atoms with van der Waals surface area (Å²) in [5, 5.41) is 10.5. The van der Waals surface area contributed by atoms with Crippen molar-refractivity contribution in [3.05, 3.63) is 84.6 Å². The fraction of sp³-hybridized carbons (Fsp3) is 0.150. The molecule has 1 unspecified atom stereocenters. The zero-order valence-corrected chi connectivity index (χ0v) is 14.9. The maximum absolute atomic E-state index is 10.5. The average molecular weight is 362 g/mol. The van der Waals surface area contributed by atoms with Crippen LogP contribution in [0.25, 0.3) is 11.2 Å². The Kier molecular flexibility index (Phi) is 4.95. The van der Waals surface area contributed by atoms with E-state index in [-0.39, 0.29) is 0 Å². The smallest absolute Gasteiger partial charge is 0.163 e. The number of aliphatic hydroxyl groups is 1. The molecule has 0 aliphatic rings. The average Bonchev–Trinajstić information content (AvgIpc) is 3.10. The largest absolute Gasteiger partial charge is 0.384 e. The maximum atomic E-state index is 10.5. The molecule has 5 nitrogen and oxygen atoms in total. The predicted octanol–water partition coefficient (Wildman–Crippen LogP) is 3.70. The zero-order valence-electron chi connectivity index (χ0n) is 14.1. The first-order valence-corrected chi connectivity index (χ1v) is 9.36. The van der Waals surface area contributed by atoms with Gasteiger partial charge in [-0.2, -0.15) is 0 Å². The van der Waals surface area contributed by atoms with Gasteiger partial charge in [0.1, 0.15) is 11.6 Å². The first-order valence-electron chi connectivity index (χ1n) is 8.37. The van der Waals surface area contributed by atoms with Gasteiger partial charge in [-0.3, -0.25) is 0 Å². The van der Waals surface area contributed by atoms with Crippen LogP contribution < -0.4 is 0 Å². The van der Waals surface area contributed by atoms with Crippen molar-refractivity contribution in [2.75, 3.05) is 5.75 Å². The second-order valence-corrected chi connectivity index (χ2v) is 7.03. The minimum absolute atomic E-state index is 0.427. The number of thioether (sulfide) groups is 1. The molecule has 0 aliphatic heterocycles. The van der Waals surface area contributed by atoms with E-state index in [4.69, 9.17) is 0 Å². The van der Waals surface area contributed by atoms with Crippen LogP contribution in [0.4, 0.5) is 0 Å². The Morgan fingerprint density at radius 3 is 2.46 bits per heavy atom. The van der Waals surface area contributed by atoms with Gasteiger partial charge in [0.2, 0.25) is 0 Å². The number of fused-ring (bicyclic) bond motifs is 1. The van der Waals surface area contributed by atoms with Crippen LogP contribution in [0.5, 0.6) is 0 Å². The number of aliphatic hydroxyl groups excluding tert-OH is 1. The standard InChI is InChI=1S/C20H18N4OS/c25-18(13-26-16-9-5-2-6-10-16)19-21-11-17-20(23-19)24(14-22-17)12-15-7-3-1-4-8-15/h1-11,14,18,25H,12-13H2. The number of imidazole rings is 1. The number of hydrogen-bond acceptors (Lipinski definition) is 5. The second-order valence-electron chi connectivity index (χ2n) is 5.93. The predicted molar refractivity (Wildman–Crippen MR) is 103 cm³/mol. The summed E-state index contributed by atoms with van der Waals surface area (Å²) in [6.45, 7) is 0.683. The summed E-state index contributed by atoms with van der Waals surface area (Å²) in [6, 6.07) is 20.2. The SMILES string of the molecule is OC(CSc1ccccc1)c1ncc2ncn(Cc3ccccc3)c2n1. The van der Waals surface area contributed by atoms with Crippen molar-refractivity contribution < 1.29 is 5.11 Å². The molecule has 0 fully saturated rings. The van der Waals surface area contributed by atoms with Crippen LogP contribution in [0.2, 0.25) is 0 Å². The molecule has 0 amide bonds. The van der Waals surface area contributed by atoms with Crippen molar-refractivity contribution in [3.8, 4) is 0 Å². The first-order chi connectivity index (χ1) is 12.8. The molecule has 0 bridgehead atoms. The van der Waals surface area contributed by atoms with E-state index in [0.717, 1.165) is 16.1 Å². The van der Waals surface area contributed by atoms with Crippen molar-refractivity contribution in [1.29, 1.82) is 0 Å². The van der Waals surface area contributed by atoms with Gasteiger partial charge in [0, 0.05) is 10.6 Å². The van der Waals surface area contributed by atoms with E-state index in [1.54, 1.807) is 24.3 Å². The molecule has 6 heteroatoms. The summed E-state index contributed by atoms with van der Waals surface area (Å²) in [5.74, 6) is 0.929. The molecule has 0 saturated carbocycles. The highest BCUT2D eigenvalue weighted by atomic mass is 32.2. The van der Waals surface area contributed by atoms with Crippen LogP contribution in [0.3, 0.4) is 0 Å². The summed E-state index contributed by atoms with van der Waals surface area (Å²) in [5.41, 5.74) is 2.64. The van der Waals surface area contributed by atoms with E-state index in [1.165, 1.54) is 5.56 Å². The highest BCUT2D eigenvalue weighted by molar-refractivity contribution is 7.99. The summed E-state index contributed by atoms with van der Waals surface area (Å²) >= 11 is 1.59. The lowest BCUT2D eigenvalue weighted by Crippen LogP contribution is -2.08. The molecular weight excluding hydrogens is 344 g/mol. The van der Waals surface area contributed by atoms with E-state index in [9.17, 15) is 5.11 Å². The lowest BCUT2D eigenvalue weighted by Gasteiger charge is -2.10. The Morgan fingerprint density at radius 2 is 1.69 bits per heavy atom. The number of rotatable bonds is 6. The number of aromatic nitrogens is 4. The normalized spacial score (nSPS) is 12.3. The van der Waals surface area contributed by atoms with Crippen LogP contribution in [0, 0.1) is 0 Å². The third-order valence-corrected chi connectivity index (χ3v) is 5.11. The van der Waals surface area contributed by atoms with Crippen LogP contribution in [0.15, 0.2) is 78.1 Å². The number of hydrogen-bond donors (Lipinski definition) is 1. The van der Waals surface area contributed by atoms with E-state index >= 15 is 0 Å². The van der Waals surface area contributed by atoms with Gasteiger partial charge in [-0.25, -0.2) is 15.0 Å². The topological polar surface area (TPSA) is 63.8 Å². The highest BCUT2D eigenvalue weighted by Crippen LogP contribution is 2.23. The fourth-order valence-corrected chi connectivity index (χ4v) is 3.54. The maximum Gasteiger partial charge on any atom is 0.163 e. The molecule has 130 valence electrons. The van der Waals surface area contributed by atoms with Gasteiger partial charge in [-0.15, -0.1) is 11.8 Å². The van der Waals surface area contributed by atoms with Gasteiger partial charge in [0.15, 0.2) is 11.5 Å². The van der Waals surface area contributed by atoms with Gasteiger partial charge < -0.3 is 9.67 Å². The lowest BCUT2D eigenvalue weighted by atomic mass is 10.2. The Bertz CT molecular complexity index is 989. The highest BCUT2D eigenvalue weighted by Gasteiger charge is 2.14. The van der Waals surface area contributed by atoms with Crippen molar-refractivity contribution in [3.63, 3.8) is 0 Å². The minimum Gasteiger partial charge on any atom is -0.384 e. The van der Waals surface area contributed by atoms with Crippen molar-refractivity contribution in [1.82, 2.24) is 19.5 Å². The van der Waals surface area contributed by atoms with Gasteiger partial charge in [0.05, 0.1) is 19.1 Å². The third kappa shape index (κ3) is 3.76. The molecule has 0 radical (unpaired) electrons. The molecule has 1 atom stereocenters. The van der Waals surface area contributed by atoms with Crippen LogP contribution in [0.1, 0.15) is 17.5 Å². The molecule has 4 aromatic rings. The Morgan fingerprint density at radius 1 is 0.962 bits per heavy atom. The molecule has 0 spiro atoms. The van der Waals surface area contributed by atoms with Crippen molar-refractivity contribution in [2.45, 2.75) is 17.5 Å². The molecule has 4 rings (SSSR count). The zero-order chi connectivity index (χ0) is 17.8. The van der Waals surface area contributed by atoms with Gasteiger partial charge in [0.25, 0.3) is 0 Å². The van der Waals surface area contributed by atoms with Crippen molar-refractivity contribution >= 4 is 22.9 Å². The van der Waals surface area contributed by atoms with Crippen LogP contribution in [-0.4, -0.2) is 30.4 Å². The Hall–Kier alpha value is -2.70. The Labute approximate surface area is 155 Å². The van der Waals surface area contributed by atoms with Gasteiger partial charge in [-0.05, 0) is 17.7 Å². The minimum atomic E-state index is -0.732. The molecule has 0 aliphatic carbocycles. The van der Waals surface area contributed by atoms with Crippen LogP contribution in [-0.2, 0) is 6.54 Å². The number of nitrogens with zero attached hydrogens (tertiary/aromatic N) is 4. The second kappa shape index (κ2) is 7.68. The fourth-order valence-electron chi connectivity index (χ4n) is 2.69. The van der Waals surface area contributed by atoms with Crippen LogP contribution >= 0.6 is 11.8 Å². The number of benzene rings is 2. The molecule has 26 heavy (non-hydrogen) atoms. The summed E-state index contributed by atoms with van der Waals surface area (Å²) in [7, 11) is 0. The first kappa shape index (κ1) is 16.8. The molecule has 0 saturated heterocycles.